The Morgan fingerprint density at radius 1 is 1.53 bits per heavy atom. The number of hydrogen-bond acceptors (Lipinski definition) is 4. The number of hydrogen-bond donors (Lipinski definition) is 1. The molecular formula is C12H19N3O2. The monoisotopic (exact) mass is 237 g/mol. The first-order valence-corrected chi connectivity index (χ1v) is 5.79. The van der Waals surface area contributed by atoms with Crippen LogP contribution in [0.2, 0.25) is 0 Å². The van der Waals surface area contributed by atoms with E-state index in [1.54, 1.807) is 0 Å². The third-order valence-corrected chi connectivity index (χ3v) is 2.47. The van der Waals surface area contributed by atoms with E-state index in [0.29, 0.717) is 18.2 Å². The predicted octanol–water partition coefficient (Wildman–Crippen LogP) is 1.65. The normalized spacial score (nSPS) is 11.1. The minimum atomic E-state index is -0.971. The number of rotatable bonds is 6. The van der Waals surface area contributed by atoms with Crippen LogP contribution in [0.5, 0.6) is 0 Å². The SMILES string of the molecule is CCN(Cc1ncncc1C(=O)O)CC(C)C. The van der Waals surface area contributed by atoms with Crippen molar-refractivity contribution in [3.8, 4) is 0 Å². The molecule has 0 amide bonds. The minimum absolute atomic E-state index is 0.190. The van der Waals surface area contributed by atoms with Crippen molar-refractivity contribution in [2.45, 2.75) is 27.3 Å². The first-order chi connectivity index (χ1) is 8.04. The van der Waals surface area contributed by atoms with Gasteiger partial charge in [-0.05, 0) is 12.5 Å². The van der Waals surface area contributed by atoms with Crippen molar-refractivity contribution < 1.29 is 9.90 Å². The molecule has 94 valence electrons. The van der Waals surface area contributed by atoms with Crippen LogP contribution in [0.3, 0.4) is 0 Å². The molecule has 0 aromatic carbocycles. The van der Waals surface area contributed by atoms with Crippen molar-refractivity contribution in [3.05, 3.63) is 23.8 Å². The second kappa shape index (κ2) is 6.30. The van der Waals surface area contributed by atoms with Crippen molar-refractivity contribution in [1.29, 1.82) is 0 Å². The molecule has 0 unspecified atom stereocenters. The Hall–Kier alpha value is -1.49. The highest BCUT2D eigenvalue weighted by Gasteiger charge is 2.14. The fourth-order valence-electron chi connectivity index (χ4n) is 1.69. The number of nitrogens with zero attached hydrogens (tertiary/aromatic N) is 3. The molecule has 0 saturated carbocycles. The van der Waals surface area contributed by atoms with Gasteiger partial charge in [0.05, 0.1) is 5.69 Å². The molecule has 0 bridgehead atoms. The zero-order valence-corrected chi connectivity index (χ0v) is 10.6. The Morgan fingerprint density at radius 2 is 2.24 bits per heavy atom. The molecule has 17 heavy (non-hydrogen) atoms. The number of carboxylic acids is 1. The Balaban J connectivity index is 2.82. The summed E-state index contributed by atoms with van der Waals surface area (Å²) in [4.78, 5) is 21.0. The Bertz CT molecular complexity index is 380. The second-order valence-corrected chi connectivity index (χ2v) is 4.41. The van der Waals surface area contributed by atoms with E-state index in [4.69, 9.17) is 5.11 Å². The average molecular weight is 237 g/mol. The average Bonchev–Trinajstić information content (AvgIpc) is 2.28. The first kappa shape index (κ1) is 13.6. The molecule has 1 N–H and O–H groups in total. The summed E-state index contributed by atoms with van der Waals surface area (Å²) in [6.07, 6.45) is 2.75. The van der Waals surface area contributed by atoms with Crippen LogP contribution >= 0.6 is 0 Å². The Labute approximate surface area is 102 Å². The molecule has 0 aliphatic heterocycles. The third kappa shape index (κ3) is 4.11. The molecule has 5 heteroatoms. The van der Waals surface area contributed by atoms with Gasteiger partial charge in [0.15, 0.2) is 0 Å². The van der Waals surface area contributed by atoms with Crippen LogP contribution in [0.1, 0.15) is 36.8 Å². The van der Waals surface area contributed by atoms with E-state index >= 15 is 0 Å². The maximum Gasteiger partial charge on any atom is 0.339 e. The van der Waals surface area contributed by atoms with Crippen LogP contribution in [0, 0.1) is 5.92 Å². The molecule has 0 radical (unpaired) electrons. The van der Waals surface area contributed by atoms with Crippen LogP contribution in [0.4, 0.5) is 0 Å². The molecule has 0 aliphatic carbocycles. The van der Waals surface area contributed by atoms with Crippen LogP contribution in [-0.2, 0) is 6.54 Å². The first-order valence-electron chi connectivity index (χ1n) is 5.79. The summed E-state index contributed by atoms with van der Waals surface area (Å²) in [6, 6.07) is 0. The molecule has 5 nitrogen and oxygen atoms in total. The van der Waals surface area contributed by atoms with E-state index in [9.17, 15) is 4.79 Å². The molecule has 1 heterocycles. The molecule has 0 aliphatic rings. The van der Waals surface area contributed by atoms with Gasteiger partial charge in [-0.3, -0.25) is 4.90 Å². The third-order valence-electron chi connectivity index (χ3n) is 2.47. The quantitative estimate of drug-likeness (QED) is 0.815. The van der Waals surface area contributed by atoms with Crippen molar-refractivity contribution in [3.63, 3.8) is 0 Å². The summed E-state index contributed by atoms with van der Waals surface area (Å²) in [6.45, 7) is 8.70. The molecule has 1 rings (SSSR count). The highest BCUT2D eigenvalue weighted by atomic mass is 16.4. The number of aromatic carboxylic acids is 1. The van der Waals surface area contributed by atoms with Crippen molar-refractivity contribution in [2.75, 3.05) is 13.1 Å². The van der Waals surface area contributed by atoms with Crippen LogP contribution in [-0.4, -0.2) is 39.0 Å². The number of aromatic nitrogens is 2. The number of carboxylic acid groups (broad SMARTS) is 1. The van der Waals surface area contributed by atoms with E-state index in [1.807, 2.05) is 0 Å². The molecule has 0 spiro atoms. The largest absolute Gasteiger partial charge is 0.478 e. The maximum absolute atomic E-state index is 11.0. The Kier molecular flexibility index (Phi) is 5.03. The van der Waals surface area contributed by atoms with Gasteiger partial charge < -0.3 is 5.11 Å². The van der Waals surface area contributed by atoms with Gasteiger partial charge in [-0.25, -0.2) is 14.8 Å². The van der Waals surface area contributed by atoms with Crippen molar-refractivity contribution in [2.24, 2.45) is 5.92 Å². The molecule has 1 aromatic heterocycles. The number of carbonyl (C=O) groups is 1. The topological polar surface area (TPSA) is 66.3 Å². The van der Waals surface area contributed by atoms with Gasteiger partial charge in [-0.1, -0.05) is 20.8 Å². The lowest BCUT2D eigenvalue weighted by atomic mass is 10.1. The van der Waals surface area contributed by atoms with Gasteiger partial charge in [0, 0.05) is 19.3 Å². The molecule has 0 atom stereocenters. The minimum Gasteiger partial charge on any atom is -0.478 e. The summed E-state index contributed by atoms with van der Waals surface area (Å²) < 4.78 is 0. The summed E-state index contributed by atoms with van der Waals surface area (Å²) >= 11 is 0. The van der Waals surface area contributed by atoms with E-state index in [0.717, 1.165) is 13.1 Å². The van der Waals surface area contributed by atoms with Gasteiger partial charge in [0.25, 0.3) is 0 Å². The van der Waals surface area contributed by atoms with Gasteiger partial charge in [-0.2, -0.15) is 0 Å². The van der Waals surface area contributed by atoms with E-state index < -0.39 is 5.97 Å². The molecule has 0 saturated heterocycles. The highest BCUT2D eigenvalue weighted by molar-refractivity contribution is 5.88. The lowest BCUT2D eigenvalue weighted by molar-refractivity contribution is 0.0693. The molecular weight excluding hydrogens is 218 g/mol. The second-order valence-electron chi connectivity index (χ2n) is 4.41. The molecule has 0 fully saturated rings. The van der Waals surface area contributed by atoms with Crippen LogP contribution < -0.4 is 0 Å². The highest BCUT2D eigenvalue weighted by Crippen LogP contribution is 2.09. The predicted molar refractivity (Wildman–Crippen MR) is 64.8 cm³/mol. The van der Waals surface area contributed by atoms with Gasteiger partial charge >= 0.3 is 5.97 Å². The van der Waals surface area contributed by atoms with Gasteiger partial charge in [0.2, 0.25) is 0 Å². The molecule has 1 aromatic rings. The standard InChI is InChI=1S/C12H19N3O2/c1-4-15(6-9(2)3)7-11-10(12(16)17)5-13-8-14-11/h5,8-9H,4,6-7H2,1-3H3,(H,16,17). The van der Waals surface area contributed by atoms with Crippen molar-refractivity contribution >= 4 is 5.97 Å². The zero-order valence-electron chi connectivity index (χ0n) is 10.6. The van der Waals surface area contributed by atoms with E-state index in [1.165, 1.54) is 12.5 Å². The van der Waals surface area contributed by atoms with Crippen LogP contribution in [0.15, 0.2) is 12.5 Å². The smallest absolute Gasteiger partial charge is 0.339 e. The van der Waals surface area contributed by atoms with E-state index in [2.05, 4.69) is 35.6 Å². The maximum atomic E-state index is 11.0. The summed E-state index contributed by atoms with van der Waals surface area (Å²) in [7, 11) is 0. The van der Waals surface area contributed by atoms with Crippen molar-refractivity contribution in [1.82, 2.24) is 14.9 Å². The fourth-order valence-corrected chi connectivity index (χ4v) is 1.69. The lowest BCUT2D eigenvalue weighted by Crippen LogP contribution is -2.28. The summed E-state index contributed by atoms with van der Waals surface area (Å²) in [5.41, 5.74) is 0.768. The van der Waals surface area contributed by atoms with E-state index in [-0.39, 0.29) is 5.56 Å². The Morgan fingerprint density at radius 3 is 2.76 bits per heavy atom. The van der Waals surface area contributed by atoms with Gasteiger partial charge in [-0.15, -0.1) is 0 Å². The zero-order chi connectivity index (χ0) is 12.8. The summed E-state index contributed by atoms with van der Waals surface area (Å²) in [5.74, 6) is -0.425. The van der Waals surface area contributed by atoms with Crippen LogP contribution in [0.25, 0.3) is 0 Å². The lowest BCUT2D eigenvalue weighted by Gasteiger charge is -2.22. The fraction of sp³-hybridized carbons (Fsp3) is 0.583. The summed E-state index contributed by atoms with van der Waals surface area (Å²) in [5, 5.41) is 9.03. The van der Waals surface area contributed by atoms with Gasteiger partial charge in [0.1, 0.15) is 11.9 Å².